The van der Waals surface area contributed by atoms with Crippen molar-refractivity contribution in [2.24, 2.45) is 5.22 Å². The fourth-order valence-electron chi connectivity index (χ4n) is 0.993. The Morgan fingerprint density at radius 3 is 2.80 bits per heavy atom. The summed E-state index contributed by atoms with van der Waals surface area (Å²) in [5.41, 5.74) is 3.21. The molecule has 0 unspecified atom stereocenters. The highest BCUT2D eigenvalue weighted by Crippen LogP contribution is 2.15. The molecule has 0 saturated carbocycles. The molecule has 0 aromatic heterocycles. The number of hydroxylamine groups is 1. The number of anilines is 1. The minimum atomic E-state index is -0.484. The molecule has 1 N–H and O–H groups in total. The van der Waals surface area contributed by atoms with Crippen LogP contribution >= 0.6 is 0 Å². The van der Waals surface area contributed by atoms with Gasteiger partial charge in [0, 0.05) is 0 Å². The molecule has 0 radical (unpaired) electrons. The fourth-order valence-corrected chi connectivity index (χ4v) is 0.993. The predicted molar refractivity (Wildman–Crippen MR) is 53.4 cm³/mol. The molecule has 1 rings (SSSR count). The van der Waals surface area contributed by atoms with Crippen LogP contribution in [0.1, 0.15) is 10.4 Å². The maximum absolute atomic E-state index is 11.3. The third-order valence-corrected chi connectivity index (χ3v) is 1.64. The normalized spacial score (nSPS) is 10.9. The summed E-state index contributed by atoms with van der Waals surface area (Å²) in [5, 5.41) is 13.9. The van der Waals surface area contributed by atoms with Crippen molar-refractivity contribution in [1.29, 1.82) is 0 Å². The van der Waals surface area contributed by atoms with E-state index in [-0.39, 0.29) is 0 Å². The van der Waals surface area contributed by atoms with Gasteiger partial charge in [-0.3, -0.25) is 0 Å². The van der Waals surface area contributed by atoms with Crippen molar-refractivity contribution in [3.05, 3.63) is 35.0 Å². The minimum absolute atomic E-state index is 0.325. The first kappa shape index (κ1) is 11.0. The average molecular weight is 209 g/mol. The number of carbonyl (C=O) groups excluding carboxylic acids is 1. The summed E-state index contributed by atoms with van der Waals surface area (Å²) in [6.45, 7) is 0. The minimum Gasteiger partial charge on any atom is -0.696 e. The molecule has 80 valence electrons. The van der Waals surface area contributed by atoms with Crippen LogP contribution in [0.3, 0.4) is 0 Å². The Labute approximate surface area is 86.7 Å². The Hall–Kier alpha value is -2.11. The molecule has 0 fully saturated rings. The van der Waals surface area contributed by atoms with Gasteiger partial charge in [0.2, 0.25) is 0 Å². The summed E-state index contributed by atoms with van der Waals surface area (Å²) >= 11 is 0. The topological polar surface area (TPSA) is 76.8 Å². The summed E-state index contributed by atoms with van der Waals surface area (Å²) in [4.78, 5) is 11.6. The van der Waals surface area contributed by atoms with Gasteiger partial charge in [0.25, 0.3) is 0 Å². The van der Waals surface area contributed by atoms with Crippen LogP contribution in [-0.2, 0) is 4.74 Å². The van der Waals surface area contributed by atoms with Gasteiger partial charge in [-0.15, -0.1) is 5.43 Å². The molecular formula is C9H11N3O3. The number of esters is 1. The Bertz CT molecular complexity index is 386. The number of hydrogen-bond donors (Lipinski definition) is 1. The zero-order valence-electron chi connectivity index (χ0n) is 8.43. The quantitative estimate of drug-likeness (QED) is 0.353. The van der Waals surface area contributed by atoms with E-state index in [4.69, 9.17) is 0 Å². The summed E-state index contributed by atoms with van der Waals surface area (Å²) in [7, 11) is 2.52. The highest BCUT2D eigenvalue weighted by Gasteiger charge is 2.13. The number of rotatable bonds is 3. The third-order valence-electron chi connectivity index (χ3n) is 1.64. The molecule has 0 saturated heterocycles. The Balaban J connectivity index is 2.96. The lowest BCUT2D eigenvalue weighted by atomic mass is 10.2. The van der Waals surface area contributed by atoms with E-state index in [0.29, 0.717) is 16.1 Å². The number of hydrogen-bond acceptors (Lipinski definition) is 4. The van der Waals surface area contributed by atoms with Crippen LogP contribution in [0.2, 0.25) is 0 Å². The van der Waals surface area contributed by atoms with E-state index in [2.05, 4.69) is 15.4 Å². The molecule has 0 atom stereocenters. The maximum Gasteiger partial charge on any atom is 0.342 e. The van der Waals surface area contributed by atoms with Crippen molar-refractivity contribution in [3.63, 3.8) is 0 Å². The lowest BCUT2D eigenvalue weighted by Gasteiger charge is -2.02. The van der Waals surface area contributed by atoms with Crippen LogP contribution in [0.5, 0.6) is 0 Å². The van der Waals surface area contributed by atoms with Gasteiger partial charge in [0.15, 0.2) is 5.69 Å². The van der Waals surface area contributed by atoms with Gasteiger partial charge in [-0.05, 0) is 12.1 Å². The number of methoxy groups -OCH3 is 1. The van der Waals surface area contributed by atoms with Gasteiger partial charge in [-0.25, -0.2) is 4.79 Å². The van der Waals surface area contributed by atoms with Gasteiger partial charge in [0.1, 0.15) is 12.6 Å². The third kappa shape index (κ3) is 2.94. The second-order valence-corrected chi connectivity index (χ2v) is 2.71. The van der Waals surface area contributed by atoms with E-state index in [1.54, 1.807) is 24.3 Å². The lowest BCUT2D eigenvalue weighted by Crippen LogP contribution is -2.06. The first-order chi connectivity index (χ1) is 7.15. The van der Waals surface area contributed by atoms with Gasteiger partial charge >= 0.3 is 5.97 Å². The first-order valence-corrected chi connectivity index (χ1v) is 4.20. The molecule has 0 bridgehead atoms. The van der Waals surface area contributed by atoms with E-state index in [9.17, 15) is 10.0 Å². The van der Waals surface area contributed by atoms with Crippen LogP contribution in [0, 0.1) is 5.21 Å². The van der Waals surface area contributed by atoms with E-state index in [1.165, 1.54) is 14.2 Å². The maximum atomic E-state index is 11.3. The highest BCUT2D eigenvalue weighted by atomic mass is 16.5. The standard InChI is InChI=1S/C9H11N3O3/c1-12(14)11-10-8-6-4-3-5-7(8)9(13)15-2/h3-6,10H,1-2H3. The summed E-state index contributed by atoms with van der Waals surface area (Å²) in [5.74, 6) is -0.484. The zero-order chi connectivity index (χ0) is 11.3. The second kappa shape index (κ2) is 4.94. The molecule has 0 aliphatic heterocycles. The van der Waals surface area contributed by atoms with E-state index < -0.39 is 5.97 Å². The summed E-state index contributed by atoms with van der Waals surface area (Å²) < 4.78 is 4.57. The smallest absolute Gasteiger partial charge is 0.342 e. The Kier molecular flexibility index (Phi) is 3.61. The molecule has 6 nitrogen and oxygen atoms in total. The molecular weight excluding hydrogens is 198 g/mol. The van der Waals surface area contributed by atoms with E-state index >= 15 is 0 Å². The van der Waals surface area contributed by atoms with E-state index in [1.807, 2.05) is 0 Å². The SMILES string of the molecule is COC(=O)c1ccccc1NN=[N+](C)[O-]. The van der Waals surface area contributed by atoms with Crippen molar-refractivity contribution >= 4 is 11.7 Å². The molecule has 15 heavy (non-hydrogen) atoms. The fraction of sp³-hybridized carbons (Fsp3) is 0.222. The molecule has 1 aromatic rings. The second-order valence-electron chi connectivity index (χ2n) is 2.71. The van der Waals surface area contributed by atoms with Crippen LogP contribution in [-0.4, -0.2) is 25.0 Å². The lowest BCUT2D eigenvalue weighted by molar-refractivity contribution is -0.497. The molecule has 1 aromatic carbocycles. The predicted octanol–water partition coefficient (Wildman–Crippen LogP) is 1.39. The van der Waals surface area contributed by atoms with Gasteiger partial charge in [0.05, 0.1) is 12.3 Å². The number of benzene rings is 1. The van der Waals surface area contributed by atoms with Gasteiger partial charge in [-0.1, -0.05) is 12.1 Å². The summed E-state index contributed by atoms with van der Waals surface area (Å²) in [6.07, 6.45) is 0. The largest absolute Gasteiger partial charge is 0.696 e. The van der Waals surface area contributed by atoms with Crippen molar-refractivity contribution in [2.75, 3.05) is 19.6 Å². The number of ether oxygens (including phenoxy) is 1. The molecule has 0 spiro atoms. The average Bonchev–Trinajstić information content (AvgIpc) is 2.25. The number of carbonyl (C=O) groups is 1. The van der Waals surface area contributed by atoms with Crippen molar-refractivity contribution in [3.8, 4) is 0 Å². The molecule has 6 heteroatoms. The molecule has 0 heterocycles. The first-order valence-electron chi connectivity index (χ1n) is 4.20. The Morgan fingerprint density at radius 2 is 2.20 bits per heavy atom. The van der Waals surface area contributed by atoms with Crippen LogP contribution < -0.4 is 5.43 Å². The summed E-state index contributed by atoms with van der Waals surface area (Å²) in [6, 6.07) is 6.61. The van der Waals surface area contributed by atoms with Crippen LogP contribution in [0.15, 0.2) is 29.5 Å². The van der Waals surface area contributed by atoms with Crippen LogP contribution in [0.4, 0.5) is 5.69 Å². The Morgan fingerprint density at radius 1 is 1.53 bits per heavy atom. The molecule has 0 aliphatic rings. The molecule has 0 amide bonds. The van der Waals surface area contributed by atoms with Crippen molar-refractivity contribution in [1.82, 2.24) is 0 Å². The van der Waals surface area contributed by atoms with Crippen molar-refractivity contribution in [2.45, 2.75) is 0 Å². The zero-order valence-corrected chi connectivity index (χ0v) is 8.43. The highest BCUT2D eigenvalue weighted by molar-refractivity contribution is 5.95. The number of nitrogens with one attached hydrogen (secondary N) is 1. The number of para-hydroxylation sites is 1. The van der Waals surface area contributed by atoms with Crippen molar-refractivity contribution < 1.29 is 14.4 Å². The van der Waals surface area contributed by atoms with E-state index in [0.717, 1.165) is 0 Å². The number of nitrogens with zero attached hydrogens (tertiary/aromatic N) is 2. The van der Waals surface area contributed by atoms with Gasteiger partial charge < -0.3 is 9.94 Å². The van der Waals surface area contributed by atoms with Gasteiger partial charge in [-0.2, -0.15) is 4.86 Å². The molecule has 0 aliphatic carbocycles. The monoisotopic (exact) mass is 209 g/mol. The van der Waals surface area contributed by atoms with Crippen LogP contribution in [0.25, 0.3) is 0 Å².